The van der Waals surface area contributed by atoms with E-state index in [0.29, 0.717) is 18.1 Å². The predicted octanol–water partition coefficient (Wildman–Crippen LogP) is 2.22. The number of aromatic nitrogens is 1. The Morgan fingerprint density at radius 2 is 2.29 bits per heavy atom. The minimum Gasteiger partial charge on any atom is -0.378 e. The third-order valence-corrected chi connectivity index (χ3v) is 2.04. The van der Waals surface area contributed by atoms with Gasteiger partial charge in [-0.1, -0.05) is 13.8 Å². The molecule has 1 aromatic heterocycles. The van der Waals surface area contributed by atoms with E-state index in [0.717, 1.165) is 11.3 Å². The normalized spacial score (nSPS) is 10.2. The van der Waals surface area contributed by atoms with Gasteiger partial charge >= 0.3 is 0 Å². The zero-order chi connectivity index (χ0) is 10.6. The van der Waals surface area contributed by atoms with Crippen molar-refractivity contribution in [1.82, 2.24) is 4.98 Å². The van der Waals surface area contributed by atoms with Crippen molar-refractivity contribution in [3.63, 3.8) is 0 Å². The van der Waals surface area contributed by atoms with Crippen LogP contribution in [-0.2, 0) is 11.3 Å². The van der Waals surface area contributed by atoms with Gasteiger partial charge < -0.3 is 4.74 Å². The second-order valence-electron chi connectivity index (χ2n) is 3.46. The van der Waals surface area contributed by atoms with Crippen LogP contribution < -0.4 is 0 Å². The molecule has 0 atom stereocenters. The Bertz CT molecular complexity index is 353. The highest BCUT2D eigenvalue weighted by Crippen LogP contribution is 2.19. The molecular weight excluding hydrogens is 176 g/mol. The molecule has 1 aromatic rings. The molecule has 3 nitrogen and oxygen atoms in total. The lowest BCUT2D eigenvalue weighted by molar-refractivity contribution is 0.180. The molecule has 74 valence electrons. The van der Waals surface area contributed by atoms with Crippen molar-refractivity contribution >= 4 is 0 Å². The summed E-state index contributed by atoms with van der Waals surface area (Å²) in [6.07, 6.45) is 1.58. The Labute approximate surface area is 84.3 Å². The number of rotatable bonds is 3. The first-order valence-corrected chi connectivity index (χ1v) is 4.57. The number of methoxy groups -OCH3 is 1. The van der Waals surface area contributed by atoms with Crippen LogP contribution in [0.1, 0.15) is 36.6 Å². The summed E-state index contributed by atoms with van der Waals surface area (Å²) in [6, 6.07) is 3.97. The van der Waals surface area contributed by atoms with Gasteiger partial charge in [0, 0.05) is 13.3 Å². The van der Waals surface area contributed by atoms with Crippen LogP contribution in [0, 0.1) is 11.3 Å². The van der Waals surface area contributed by atoms with Gasteiger partial charge in [-0.05, 0) is 17.5 Å². The quantitative estimate of drug-likeness (QED) is 0.734. The molecule has 0 fully saturated rings. The molecule has 0 amide bonds. The Morgan fingerprint density at radius 1 is 1.57 bits per heavy atom. The summed E-state index contributed by atoms with van der Waals surface area (Å²) in [5.41, 5.74) is 2.61. The number of hydrogen-bond acceptors (Lipinski definition) is 3. The first kappa shape index (κ1) is 10.7. The molecule has 0 saturated heterocycles. The Morgan fingerprint density at radius 3 is 2.79 bits per heavy atom. The average molecular weight is 190 g/mol. The average Bonchev–Trinajstić information content (AvgIpc) is 2.18. The highest BCUT2D eigenvalue weighted by atomic mass is 16.5. The van der Waals surface area contributed by atoms with E-state index in [1.54, 1.807) is 13.3 Å². The van der Waals surface area contributed by atoms with Crippen LogP contribution in [0.5, 0.6) is 0 Å². The van der Waals surface area contributed by atoms with E-state index >= 15 is 0 Å². The fourth-order valence-electron chi connectivity index (χ4n) is 1.33. The highest BCUT2D eigenvalue weighted by molar-refractivity contribution is 5.34. The van der Waals surface area contributed by atoms with Gasteiger partial charge in [-0.25, -0.2) is 0 Å². The van der Waals surface area contributed by atoms with Crippen LogP contribution in [0.4, 0.5) is 0 Å². The maximum atomic E-state index is 8.74. The van der Waals surface area contributed by atoms with Gasteiger partial charge in [0.25, 0.3) is 0 Å². The summed E-state index contributed by atoms with van der Waals surface area (Å²) in [4.78, 5) is 4.21. The first-order chi connectivity index (χ1) is 6.69. The van der Waals surface area contributed by atoms with Gasteiger partial charge in [0.15, 0.2) is 0 Å². The zero-order valence-electron chi connectivity index (χ0n) is 8.74. The number of nitrogens with zero attached hydrogens (tertiary/aromatic N) is 2. The van der Waals surface area contributed by atoms with Crippen LogP contribution in [-0.4, -0.2) is 12.1 Å². The van der Waals surface area contributed by atoms with Gasteiger partial charge in [-0.15, -0.1) is 0 Å². The van der Waals surface area contributed by atoms with Crippen molar-refractivity contribution < 1.29 is 4.74 Å². The largest absolute Gasteiger partial charge is 0.378 e. The molecular formula is C11H14N2O. The molecule has 0 spiro atoms. The van der Waals surface area contributed by atoms with Crippen LogP contribution >= 0.6 is 0 Å². The second kappa shape index (κ2) is 4.73. The number of ether oxygens (including phenoxy) is 1. The topological polar surface area (TPSA) is 45.9 Å². The molecule has 0 radical (unpaired) electrons. The summed E-state index contributed by atoms with van der Waals surface area (Å²) < 4.78 is 5.05. The van der Waals surface area contributed by atoms with Crippen molar-refractivity contribution in [2.75, 3.05) is 7.11 Å². The highest BCUT2D eigenvalue weighted by Gasteiger charge is 2.08. The summed E-state index contributed by atoms with van der Waals surface area (Å²) in [5.74, 6) is 0.362. The smallest absolute Gasteiger partial charge is 0.101 e. The Balaban J connectivity index is 3.12. The number of pyridine rings is 1. The maximum Gasteiger partial charge on any atom is 0.101 e. The van der Waals surface area contributed by atoms with Crippen molar-refractivity contribution in [2.24, 2.45) is 0 Å². The van der Waals surface area contributed by atoms with Crippen molar-refractivity contribution in [2.45, 2.75) is 26.4 Å². The predicted molar refractivity (Wildman–Crippen MR) is 53.8 cm³/mol. The van der Waals surface area contributed by atoms with Gasteiger partial charge in [0.1, 0.15) is 6.07 Å². The maximum absolute atomic E-state index is 8.74. The molecule has 0 unspecified atom stereocenters. The Kier molecular flexibility index (Phi) is 3.61. The third kappa shape index (κ3) is 2.30. The van der Waals surface area contributed by atoms with Crippen molar-refractivity contribution in [3.8, 4) is 6.07 Å². The molecule has 0 N–H and O–H groups in total. The molecule has 0 saturated carbocycles. The third-order valence-electron chi connectivity index (χ3n) is 2.04. The minimum atomic E-state index is 0.362. The van der Waals surface area contributed by atoms with E-state index in [-0.39, 0.29) is 0 Å². The van der Waals surface area contributed by atoms with E-state index in [1.165, 1.54) is 0 Å². The summed E-state index contributed by atoms with van der Waals surface area (Å²) in [6.45, 7) is 4.66. The van der Waals surface area contributed by atoms with E-state index in [2.05, 4.69) is 24.9 Å². The summed E-state index contributed by atoms with van der Waals surface area (Å²) in [5, 5.41) is 8.74. The van der Waals surface area contributed by atoms with Crippen LogP contribution in [0.15, 0.2) is 12.3 Å². The van der Waals surface area contributed by atoms with Crippen LogP contribution in [0.25, 0.3) is 0 Å². The van der Waals surface area contributed by atoms with Crippen LogP contribution in [0.3, 0.4) is 0 Å². The number of hydrogen-bond donors (Lipinski definition) is 0. The summed E-state index contributed by atoms with van der Waals surface area (Å²) >= 11 is 0. The molecule has 0 aliphatic heterocycles. The Hall–Kier alpha value is -1.40. The molecule has 0 aliphatic carbocycles. The van der Waals surface area contributed by atoms with Crippen molar-refractivity contribution in [3.05, 3.63) is 29.1 Å². The van der Waals surface area contributed by atoms with E-state index < -0.39 is 0 Å². The lowest BCUT2D eigenvalue weighted by atomic mass is 10.0. The van der Waals surface area contributed by atoms with Gasteiger partial charge in [-0.2, -0.15) is 5.26 Å². The standard InChI is InChI=1S/C11H14N2O/c1-8(2)10-4-9(5-12)6-13-11(10)7-14-3/h4,6,8H,7H2,1-3H3. The lowest BCUT2D eigenvalue weighted by Crippen LogP contribution is -2.02. The molecule has 3 heteroatoms. The van der Waals surface area contributed by atoms with Crippen molar-refractivity contribution in [1.29, 1.82) is 5.26 Å². The fourth-order valence-corrected chi connectivity index (χ4v) is 1.33. The van der Waals surface area contributed by atoms with Gasteiger partial charge in [-0.3, -0.25) is 4.98 Å². The molecule has 0 aliphatic rings. The van der Waals surface area contributed by atoms with Crippen LogP contribution in [0.2, 0.25) is 0 Å². The lowest BCUT2D eigenvalue weighted by Gasteiger charge is -2.10. The van der Waals surface area contributed by atoms with Gasteiger partial charge in [0.05, 0.1) is 17.9 Å². The van der Waals surface area contributed by atoms with E-state index in [9.17, 15) is 0 Å². The molecule has 14 heavy (non-hydrogen) atoms. The molecule has 1 heterocycles. The first-order valence-electron chi connectivity index (χ1n) is 4.57. The molecule has 0 bridgehead atoms. The van der Waals surface area contributed by atoms with Gasteiger partial charge in [0.2, 0.25) is 0 Å². The molecule has 1 rings (SSSR count). The SMILES string of the molecule is COCc1ncc(C#N)cc1C(C)C. The van der Waals surface area contributed by atoms with E-state index in [4.69, 9.17) is 10.00 Å². The second-order valence-corrected chi connectivity index (χ2v) is 3.46. The monoisotopic (exact) mass is 190 g/mol. The molecule has 0 aromatic carbocycles. The number of nitriles is 1. The fraction of sp³-hybridized carbons (Fsp3) is 0.455. The van der Waals surface area contributed by atoms with E-state index in [1.807, 2.05) is 6.07 Å². The minimum absolute atomic E-state index is 0.362. The summed E-state index contributed by atoms with van der Waals surface area (Å²) in [7, 11) is 1.64. The zero-order valence-corrected chi connectivity index (χ0v) is 8.74.